The summed E-state index contributed by atoms with van der Waals surface area (Å²) in [6.07, 6.45) is 0. The highest BCUT2D eigenvalue weighted by Gasteiger charge is 2.13. The molecule has 0 aliphatic rings. The van der Waals surface area contributed by atoms with Crippen molar-refractivity contribution in [1.29, 1.82) is 0 Å². The molecule has 22 heavy (non-hydrogen) atoms. The van der Waals surface area contributed by atoms with Gasteiger partial charge < -0.3 is 9.47 Å². The van der Waals surface area contributed by atoms with Gasteiger partial charge in [-0.2, -0.15) is 0 Å². The van der Waals surface area contributed by atoms with E-state index in [1.807, 2.05) is 31.2 Å². The number of ketones is 1. The number of hydrogen-bond acceptors (Lipinski definition) is 3. The summed E-state index contributed by atoms with van der Waals surface area (Å²) in [6, 6.07) is 12.0. The summed E-state index contributed by atoms with van der Waals surface area (Å²) in [4.78, 5) is 11.8. The Morgan fingerprint density at radius 3 is 2.55 bits per heavy atom. The highest BCUT2D eigenvalue weighted by molar-refractivity contribution is 7.56. The first-order valence-electron chi connectivity index (χ1n) is 7.13. The van der Waals surface area contributed by atoms with Crippen LogP contribution < -0.4 is 15.3 Å². The Labute approximate surface area is 133 Å². The number of benzene rings is 2. The van der Waals surface area contributed by atoms with Crippen LogP contribution >= 0.6 is 8.58 Å². The zero-order valence-corrected chi connectivity index (χ0v) is 14.4. The largest absolute Gasteiger partial charge is 0.467 e. The Balaban J connectivity index is 2.42. The van der Waals surface area contributed by atoms with E-state index >= 15 is 0 Å². The quantitative estimate of drug-likeness (QED) is 0.467. The highest BCUT2D eigenvalue weighted by Crippen LogP contribution is 2.26. The molecule has 1 atom stereocenters. The van der Waals surface area contributed by atoms with Crippen LogP contribution in [0.15, 0.2) is 36.4 Å². The Kier molecular flexibility index (Phi) is 5.70. The second-order valence-corrected chi connectivity index (χ2v) is 6.56. The molecule has 0 saturated heterocycles. The molecule has 0 fully saturated rings. The Bertz CT molecular complexity index is 680. The third-order valence-corrected chi connectivity index (χ3v) is 4.66. The zero-order valence-electron chi connectivity index (χ0n) is 13.4. The number of rotatable bonds is 6. The Morgan fingerprint density at radius 2 is 1.86 bits per heavy atom. The molecule has 0 radical (unpaired) electrons. The van der Waals surface area contributed by atoms with Gasteiger partial charge in [0.1, 0.15) is 5.75 Å². The van der Waals surface area contributed by atoms with Crippen LogP contribution in [0.5, 0.6) is 5.75 Å². The van der Waals surface area contributed by atoms with Crippen molar-refractivity contribution in [2.24, 2.45) is 0 Å². The summed E-state index contributed by atoms with van der Waals surface area (Å²) in [6.45, 7) is 5.92. The van der Waals surface area contributed by atoms with E-state index < -0.39 is 0 Å². The van der Waals surface area contributed by atoms with Crippen molar-refractivity contribution >= 4 is 25.0 Å². The lowest BCUT2D eigenvalue weighted by Gasteiger charge is -2.16. The van der Waals surface area contributed by atoms with Crippen molar-refractivity contribution in [2.45, 2.75) is 20.8 Å². The van der Waals surface area contributed by atoms with Crippen LogP contribution in [-0.2, 0) is 4.74 Å². The van der Waals surface area contributed by atoms with Crippen molar-refractivity contribution in [1.82, 2.24) is 0 Å². The molecule has 0 heterocycles. The van der Waals surface area contributed by atoms with Crippen molar-refractivity contribution in [2.75, 3.05) is 13.9 Å². The first-order chi connectivity index (χ1) is 10.5. The zero-order chi connectivity index (χ0) is 16.1. The van der Waals surface area contributed by atoms with Crippen LogP contribution in [0, 0.1) is 13.8 Å². The Morgan fingerprint density at radius 1 is 1.14 bits per heavy atom. The molecule has 2 aromatic carbocycles. The van der Waals surface area contributed by atoms with Crippen molar-refractivity contribution in [3.63, 3.8) is 0 Å². The van der Waals surface area contributed by atoms with Gasteiger partial charge in [-0.1, -0.05) is 38.9 Å². The molecule has 0 amide bonds. The van der Waals surface area contributed by atoms with Gasteiger partial charge in [-0.25, -0.2) is 0 Å². The van der Waals surface area contributed by atoms with E-state index in [2.05, 4.69) is 19.1 Å². The number of ether oxygens (including phenoxy) is 2. The van der Waals surface area contributed by atoms with E-state index in [0.717, 1.165) is 27.5 Å². The first-order valence-corrected chi connectivity index (χ1v) is 8.13. The molecule has 4 heteroatoms. The second-order valence-electron chi connectivity index (χ2n) is 5.24. The average molecular weight is 316 g/mol. The van der Waals surface area contributed by atoms with E-state index in [9.17, 15) is 4.79 Å². The van der Waals surface area contributed by atoms with Gasteiger partial charge in [0.05, 0.1) is 0 Å². The number of methoxy groups -OCH3 is 1. The average Bonchev–Trinajstić information content (AvgIpc) is 2.46. The van der Waals surface area contributed by atoms with Crippen LogP contribution in [0.2, 0.25) is 0 Å². The predicted octanol–water partition coefficient (Wildman–Crippen LogP) is 3.12. The van der Waals surface area contributed by atoms with Crippen LogP contribution in [0.25, 0.3) is 0 Å². The third-order valence-electron chi connectivity index (χ3n) is 3.32. The predicted molar refractivity (Wildman–Crippen MR) is 92.4 cm³/mol. The number of hydrogen-bond donors (Lipinski definition) is 0. The van der Waals surface area contributed by atoms with E-state index in [1.54, 1.807) is 14.0 Å². The number of carbonyl (C=O) groups is 1. The molecule has 2 rings (SSSR count). The fourth-order valence-electron chi connectivity index (χ4n) is 2.40. The maximum absolute atomic E-state index is 11.8. The van der Waals surface area contributed by atoms with Crippen LogP contribution in [0.1, 0.15) is 28.4 Å². The fourth-order valence-corrected chi connectivity index (χ4v) is 3.95. The first kappa shape index (κ1) is 16.7. The van der Waals surface area contributed by atoms with Gasteiger partial charge in [0.25, 0.3) is 0 Å². The van der Waals surface area contributed by atoms with Crippen molar-refractivity contribution < 1.29 is 14.3 Å². The summed E-state index contributed by atoms with van der Waals surface area (Å²) >= 11 is 0. The number of carbonyl (C=O) groups excluding carboxylic acids is 1. The molecule has 0 aromatic heterocycles. The highest BCUT2D eigenvalue weighted by atomic mass is 31.1. The molecule has 3 nitrogen and oxygen atoms in total. The molecule has 0 aliphatic carbocycles. The minimum absolute atomic E-state index is 0.0897. The molecule has 2 aromatic rings. The van der Waals surface area contributed by atoms with Gasteiger partial charge in [-0.05, 0) is 43.3 Å². The molecule has 116 valence electrons. The smallest absolute Gasteiger partial charge is 0.188 e. The summed E-state index contributed by atoms with van der Waals surface area (Å²) in [5.74, 6) is 0.941. The lowest BCUT2D eigenvalue weighted by Crippen LogP contribution is -2.15. The summed E-state index contributed by atoms with van der Waals surface area (Å²) in [5.41, 5.74) is 3.04. The van der Waals surface area contributed by atoms with Gasteiger partial charge in [-0.15, -0.1) is 0 Å². The molecule has 0 aliphatic heterocycles. The Hall–Kier alpha value is -1.70. The lowest BCUT2D eigenvalue weighted by atomic mass is 10.1. The summed E-state index contributed by atoms with van der Waals surface area (Å²) in [5, 5.41) is 2.14. The molecule has 0 bridgehead atoms. The molecular formula is C18H21O3P. The lowest BCUT2D eigenvalue weighted by molar-refractivity contribution is 0.0514. The SMILES string of the molecule is COCOc1c(C)cc(C)cc1Pc1ccccc1C(C)=O. The normalized spacial score (nSPS) is 11.1. The van der Waals surface area contributed by atoms with E-state index in [1.165, 1.54) is 5.56 Å². The molecule has 0 N–H and O–H groups in total. The standard InChI is InChI=1S/C18H21O3P/c1-12-9-13(2)18(21-11-20-4)17(10-12)22-16-8-6-5-7-15(16)14(3)19/h5-10,22H,11H2,1-4H3. The molecule has 0 spiro atoms. The number of Topliss-reactive ketones (excluding diaryl/α,β-unsaturated/α-hetero) is 1. The topological polar surface area (TPSA) is 35.5 Å². The van der Waals surface area contributed by atoms with E-state index in [-0.39, 0.29) is 12.6 Å². The minimum atomic E-state index is 0.0897. The number of aryl methyl sites for hydroxylation is 2. The van der Waals surface area contributed by atoms with Gasteiger partial charge in [0, 0.05) is 18.0 Å². The third kappa shape index (κ3) is 3.94. The van der Waals surface area contributed by atoms with Crippen LogP contribution in [0.3, 0.4) is 0 Å². The summed E-state index contributed by atoms with van der Waals surface area (Å²) < 4.78 is 10.8. The molecule has 1 unspecified atom stereocenters. The van der Waals surface area contributed by atoms with Crippen LogP contribution in [0.4, 0.5) is 0 Å². The van der Waals surface area contributed by atoms with Gasteiger partial charge >= 0.3 is 0 Å². The fraction of sp³-hybridized carbons (Fsp3) is 0.278. The van der Waals surface area contributed by atoms with Crippen molar-refractivity contribution in [3.8, 4) is 5.75 Å². The molecular weight excluding hydrogens is 295 g/mol. The minimum Gasteiger partial charge on any atom is -0.467 e. The van der Waals surface area contributed by atoms with E-state index in [0.29, 0.717) is 8.58 Å². The van der Waals surface area contributed by atoms with E-state index in [4.69, 9.17) is 9.47 Å². The monoisotopic (exact) mass is 316 g/mol. The second kappa shape index (κ2) is 7.53. The van der Waals surface area contributed by atoms with Gasteiger partial charge in [-0.3, -0.25) is 4.79 Å². The van der Waals surface area contributed by atoms with Crippen LogP contribution in [-0.4, -0.2) is 19.7 Å². The van der Waals surface area contributed by atoms with Crippen molar-refractivity contribution in [3.05, 3.63) is 53.1 Å². The maximum atomic E-state index is 11.8. The maximum Gasteiger partial charge on any atom is 0.188 e. The van der Waals surface area contributed by atoms with Gasteiger partial charge in [0.2, 0.25) is 0 Å². The molecule has 0 saturated carbocycles. The summed E-state index contributed by atoms with van der Waals surface area (Å²) in [7, 11) is 1.98. The van der Waals surface area contributed by atoms with Gasteiger partial charge in [0.15, 0.2) is 12.6 Å².